The van der Waals surface area contributed by atoms with Gasteiger partial charge in [-0.05, 0) is 23.8 Å². The van der Waals surface area contributed by atoms with E-state index in [0.717, 1.165) is 18.2 Å². The van der Waals surface area contributed by atoms with Crippen LogP contribution in [0.4, 0.5) is 13.2 Å². The molecule has 2 aromatic carbocycles. The second-order valence-electron chi connectivity index (χ2n) is 5.31. The number of benzene rings is 2. The maximum Gasteiger partial charge on any atom is 0.416 e. The Morgan fingerprint density at radius 1 is 1.00 bits per heavy atom. The molecule has 0 saturated heterocycles. The zero-order valence-corrected chi connectivity index (χ0v) is 13.5. The largest absolute Gasteiger partial charge is 0.416 e. The van der Waals surface area contributed by atoms with Gasteiger partial charge in [0, 0.05) is 11.6 Å². The highest BCUT2D eigenvalue weighted by Crippen LogP contribution is 2.30. The molecule has 1 aromatic heterocycles. The van der Waals surface area contributed by atoms with E-state index in [0.29, 0.717) is 10.9 Å². The summed E-state index contributed by atoms with van der Waals surface area (Å²) in [6.45, 7) is 0. The van der Waals surface area contributed by atoms with Crippen LogP contribution in [-0.2, 0) is 22.0 Å². The van der Waals surface area contributed by atoms with Crippen molar-refractivity contribution in [1.82, 2.24) is 4.98 Å². The molecule has 0 unspecified atom stereocenters. The summed E-state index contributed by atoms with van der Waals surface area (Å²) in [4.78, 5) is 4.08. The number of hydrogen-bond donors (Lipinski definition) is 0. The number of nitrogens with zero attached hydrogens (tertiary/aromatic N) is 1. The number of fused-ring (bicyclic) bond motifs is 1. The van der Waals surface area contributed by atoms with E-state index in [1.54, 1.807) is 24.3 Å². The lowest BCUT2D eigenvalue weighted by Crippen LogP contribution is -2.13. The van der Waals surface area contributed by atoms with Gasteiger partial charge in [-0.1, -0.05) is 36.4 Å². The highest BCUT2D eigenvalue weighted by Gasteiger charge is 2.30. The molecular formula is C17H12F3NO3S. The Hall–Kier alpha value is -2.61. The molecule has 8 heteroatoms. The lowest BCUT2D eigenvalue weighted by Gasteiger charge is -2.11. The fraction of sp³-hybridized carbons (Fsp3) is 0.118. The van der Waals surface area contributed by atoms with E-state index in [4.69, 9.17) is 4.18 Å². The Morgan fingerprint density at radius 3 is 2.48 bits per heavy atom. The molecule has 0 radical (unpaired) electrons. The Balaban J connectivity index is 1.88. The van der Waals surface area contributed by atoms with Crippen molar-refractivity contribution in [3.8, 4) is 5.75 Å². The first-order valence-electron chi connectivity index (χ1n) is 7.17. The molecule has 0 aliphatic rings. The van der Waals surface area contributed by atoms with Gasteiger partial charge in [-0.3, -0.25) is 4.98 Å². The van der Waals surface area contributed by atoms with Gasteiger partial charge in [0.2, 0.25) is 0 Å². The van der Waals surface area contributed by atoms with E-state index in [2.05, 4.69) is 4.98 Å². The van der Waals surface area contributed by atoms with Crippen LogP contribution >= 0.6 is 0 Å². The van der Waals surface area contributed by atoms with Crippen LogP contribution in [0, 0.1) is 0 Å². The average Bonchev–Trinajstić information content (AvgIpc) is 2.54. The van der Waals surface area contributed by atoms with E-state index >= 15 is 0 Å². The monoisotopic (exact) mass is 367 g/mol. The van der Waals surface area contributed by atoms with Crippen molar-refractivity contribution < 1.29 is 25.8 Å². The van der Waals surface area contributed by atoms with Crippen molar-refractivity contribution >= 4 is 21.0 Å². The minimum absolute atomic E-state index is 0.0111. The minimum Gasteiger partial charge on any atom is -0.380 e. The molecule has 0 N–H and O–H groups in total. The van der Waals surface area contributed by atoms with Gasteiger partial charge < -0.3 is 4.18 Å². The lowest BCUT2D eigenvalue weighted by molar-refractivity contribution is -0.137. The van der Waals surface area contributed by atoms with Crippen LogP contribution in [0.25, 0.3) is 10.9 Å². The molecule has 1 heterocycles. The number of alkyl halides is 3. The molecular weight excluding hydrogens is 355 g/mol. The molecule has 130 valence electrons. The fourth-order valence-corrected chi connectivity index (χ4v) is 3.41. The molecule has 25 heavy (non-hydrogen) atoms. The van der Waals surface area contributed by atoms with Crippen molar-refractivity contribution in [3.63, 3.8) is 0 Å². The quantitative estimate of drug-likeness (QED) is 0.650. The van der Waals surface area contributed by atoms with Crippen LogP contribution in [0.2, 0.25) is 0 Å². The molecule has 0 amide bonds. The molecule has 0 aliphatic heterocycles. The first kappa shape index (κ1) is 17.2. The number of halogens is 3. The average molecular weight is 367 g/mol. The van der Waals surface area contributed by atoms with Crippen molar-refractivity contribution in [3.05, 3.63) is 71.9 Å². The lowest BCUT2D eigenvalue weighted by atomic mass is 10.1. The number of aromatic nitrogens is 1. The Labute approximate surface area is 142 Å². The second kappa shape index (κ2) is 6.36. The molecule has 0 atom stereocenters. The second-order valence-corrected chi connectivity index (χ2v) is 6.89. The summed E-state index contributed by atoms with van der Waals surface area (Å²) in [5.41, 5.74) is -0.562. The zero-order chi connectivity index (χ0) is 18.1. The van der Waals surface area contributed by atoms with Gasteiger partial charge in [0.15, 0.2) is 5.75 Å². The molecule has 0 spiro atoms. The van der Waals surface area contributed by atoms with Crippen LogP contribution in [0.3, 0.4) is 0 Å². The van der Waals surface area contributed by atoms with Crippen molar-refractivity contribution in [1.29, 1.82) is 0 Å². The van der Waals surface area contributed by atoms with Crippen LogP contribution in [0.15, 0.2) is 60.8 Å². The van der Waals surface area contributed by atoms with Gasteiger partial charge >= 0.3 is 16.3 Å². The molecule has 0 saturated carbocycles. The summed E-state index contributed by atoms with van der Waals surface area (Å²) in [6.07, 6.45) is -3.05. The Kier molecular flexibility index (Phi) is 4.38. The third-order valence-corrected chi connectivity index (χ3v) is 4.53. The molecule has 3 aromatic rings. The molecule has 4 nitrogen and oxygen atoms in total. The van der Waals surface area contributed by atoms with E-state index in [9.17, 15) is 21.6 Å². The highest BCUT2D eigenvalue weighted by atomic mass is 32.2. The third-order valence-electron chi connectivity index (χ3n) is 3.41. The topological polar surface area (TPSA) is 56.3 Å². The summed E-state index contributed by atoms with van der Waals surface area (Å²) >= 11 is 0. The van der Waals surface area contributed by atoms with Gasteiger partial charge in [0.1, 0.15) is 11.3 Å². The fourth-order valence-electron chi connectivity index (χ4n) is 2.35. The van der Waals surface area contributed by atoms with E-state index < -0.39 is 27.6 Å². The predicted molar refractivity (Wildman–Crippen MR) is 86.4 cm³/mol. The van der Waals surface area contributed by atoms with Crippen LogP contribution in [-0.4, -0.2) is 13.4 Å². The third kappa shape index (κ3) is 4.08. The molecule has 0 bridgehead atoms. The SMILES string of the molecule is O=S(=O)(Cc1cccc(C(F)(F)F)c1)Oc1cccc2cccnc12. The smallest absolute Gasteiger partial charge is 0.380 e. The summed E-state index contributed by atoms with van der Waals surface area (Å²) < 4.78 is 67.8. The molecule has 3 rings (SSSR count). The highest BCUT2D eigenvalue weighted by molar-refractivity contribution is 7.86. The van der Waals surface area contributed by atoms with Gasteiger partial charge in [-0.2, -0.15) is 21.6 Å². The summed E-state index contributed by atoms with van der Waals surface area (Å²) in [5, 5.41) is 0.689. The van der Waals surface area contributed by atoms with Gasteiger partial charge in [0.05, 0.1) is 5.56 Å². The standard InChI is InChI=1S/C17H12F3NO3S/c18-17(19,20)14-7-1-4-12(10-14)11-25(22,23)24-15-8-2-5-13-6-3-9-21-16(13)15/h1-10H,11H2. The maximum atomic E-state index is 12.7. The Bertz CT molecular complexity index is 1010. The molecule has 0 fully saturated rings. The van der Waals surface area contributed by atoms with Crippen LogP contribution < -0.4 is 4.18 Å². The van der Waals surface area contributed by atoms with Crippen molar-refractivity contribution in [2.24, 2.45) is 0 Å². The first-order valence-corrected chi connectivity index (χ1v) is 8.74. The number of pyridine rings is 1. The normalized spacial score (nSPS) is 12.3. The predicted octanol–water partition coefficient (Wildman–Crippen LogP) is 4.16. The van der Waals surface area contributed by atoms with Crippen molar-refractivity contribution in [2.75, 3.05) is 0 Å². The van der Waals surface area contributed by atoms with E-state index in [-0.39, 0.29) is 11.3 Å². The number of para-hydroxylation sites is 1. The van der Waals surface area contributed by atoms with Crippen molar-refractivity contribution in [2.45, 2.75) is 11.9 Å². The number of rotatable bonds is 4. The maximum absolute atomic E-state index is 12.7. The minimum atomic E-state index is -4.54. The summed E-state index contributed by atoms with van der Waals surface area (Å²) in [6, 6.07) is 12.4. The van der Waals surface area contributed by atoms with Crippen LogP contribution in [0.1, 0.15) is 11.1 Å². The van der Waals surface area contributed by atoms with Crippen LogP contribution in [0.5, 0.6) is 5.75 Å². The zero-order valence-electron chi connectivity index (χ0n) is 12.7. The summed E-state index contributed by atoms with van der Waals surface area (Å²) in [7, 11) is -4.15. The Morgan fingerprint density at radius 2 is 1.72 bits per heavy atom. The van der Waals surface area contributed by atoms with Gasteiger partial charge in [0.25, 0.3) is 0 Å². The summed E-state index contributed by atoms with van der Waals surface area (Å²) in [5.74, 6) is -0.648. The molecule has 0 aliphatic carbocycles. The van der Waals surface area contributed by atoms with E-state index in [1.165, 1.54) is 18.3 Å². The first-order chi connectivity index (χ1) is 11.7. The van der Waals surface area contributed by atoms with Gasteiger partial charge in [-0.15, -0.1) is 0 Å². The van der Waals surface area contributed by atoms with E-state index in [1.807, 2.05) is 0 Å². The number of hydrogen-bond acceptors (Lipinski definition) is 4. The van der Waals surface area contributed by atoms with Gasteiger partial charge in [-0.25, -0.2) is 0 Å².